The van der Waals surface area contributed by atoms with E-state index in [0.29, 0.717) is 0 Å². The highest BCUT2D eigenvalue weighted by Gasteiger charge is 2.23. The molecule has 290 valence electrons. The van der Waals surface area contributed by atoms with Crippen molar-refractivity contribution in [2.45, 2.75) is 6.92 Å². The Balaban J connectivity index is 1.11. The number of benzene rings is 11. The number of allylic oxidation sites excluding steroid dienone is 2. The van der Waals surface area contributed by atoms with Crippen molar-refractivity contribution in [3.63, 3.8) is 0 Å². The summed E-state index contributed by atoms with van der Waals surface area (Å²) in [6.07, 6.45) is 6.16. The molecule has 1 aromatic heterocycles. The standard InChI is InChI=1S/C61H40O/c1-3-4-22-42-38(2)57(45-31-15-20-39-18-5-7-23-43(39)45)47-25-9-12-28-50(47)59(42)54-33-17-34-55-61(54)53-36-35-41(37-56(53)62-55)58-48-26-10-13-29-51(48)60(52-30-14-11-27-49(52)58)46-32-16-21-40-19-6-8-24-44(40)46/h3-37H,1H2,2H3/b22-4-. The van der Waals surface area contributed by atoms with Gasteiger partial charge in [-0.1, -0.05) is 201 Å². The maximum atomic E-state index is 6.91. The van der Waals surface area contributed by atoms with Crippen molar-refractivity contribution in [1.29, 1.82) is 0 Å². The molecule has 0 spiro atoms. The van der Waals surface area contributed by atoms with Crippen LogP contribution in [0.15, 0.2) is 217 Å². The fraction of sp³-hybridized carbons (Fsp3) is 0.0164. The monoisotopic (exact) mass is 788 g/mol. The minimum atomic E-state index is 0.868. The molecule has 62 heavy (non-hydrogen) atoms. The molecule has 0 aliphatic heterocycles. The van der Waals surface area contributed by atoms with Gasteiger partial charge in [0.05, 0.1) is 0 Å². The van der Waals surface area contributed by atoms with Gasteiger partial charge in [0.1, 0.15) is 11.2 Å². The SMILES string of the molecule is C=C/C=C\c1c(C)c(-c2cccc3ccccc23)c2ccccc2c1-c1cccc2oc3cc(-c4c5ccccc5c(-c5cccc6ccccc56)c5ccccc45)ccc3c12. The van der Waals surface area contributed by atoms with Gasteiger partial charge >= 0.3 is 0 Å². The van der Waals surface area contributed by atoms with Crippen LogP contribution < -0.4 is 0 Å². The van der Waals surface area contributed by atoms with Crippen LogP contribution in [0, 0.1) is 6.92 Å². The average Bonchev–Trinajstić information content (AvgIpc) is 3.71. The van der Waals surface area contributed by atoms with Gasteiger partial charge in [-0.05, 0) is 135 Å². The fourth-order valence-electron chi connectivity index (χ4n) is 10.4. The van der Waals surface area contributed by atoms with Crippen molar-refractivity contribution in [3.05, 3.63) is 224 Å². The van der Waals surface area contributed by atoms with E-state index in [0.717, 1.165) is 33.1 Å². The van der Waals surface area contributed by atoms with Crippen LogP contribution in [0.4, 0.5) is 0 Å². The molecule has 0 aliphatic rings. The maximum Gasteiger partial charge on any atom is 0.136 e. The first-order valence-corrected chi connectivity index (χ1v) is 21.4. The summed E-state index contributed by atoms with van der Waals surface area (Å²) < 4.78 is 6.91. The molecule has 12 rings (SSSR count). The van der Waals surface area contributed by atoms with Crippen LogP contribution in [-0.4, -0.2) is 0 Å². The predicted molar refractivity (Wildman–Crippen MR) is 267 cm³/mol. The van der Waals surface area contributed by atoms with Crippen LogP contribution in [-0.2, 0) is 0 Å². The van der Waals surface area contributed by atoms with Crippen molar-refractivity contribution < 1.29 is 4.42 Å². The molecule has 1 heterocycles. The van der Waals surface area contributed by atoms with Gasteiger partial charge in [-0.25, -0.2) is 0 Å². The Bertz CT molecular complexity index is 3770. The van der Waals surface area contributed by atoms with Crippen LogP contribution in [0.3, 0.4) is 0 Å². The zero-order valence-corrected chi connectivity index (χ0v) is 34.3. The highest BCUT2D eigenvalue weighted by atomic mass is 16.3. The molecule has 0 unspecified atom stereocenters. The van der Waals surface area contributed by atoms with Crippen LogP contribution in [0.2, 0.25) is 0 Å². The van der Waals surface area contributed by atoms with Crippen LogP contribution in [0.5, 0.6) is 0 Å². The molecule has 0 atom stereocenters. The van der Waals surface area contributed by atoms with Crippen molar-refractivity contribution in [2.24, 2.45) is 0 Å². The first kappa shape index (κ1) is 35.9. The number of rotatable bonds is 6. The van der Waals surface area contributed by atoms with Crippen LogP contribution in [0.25, 0.3) is 126 Å². The zero-order valence-electron chi connectivity index (χ0n) is 34.3. The van der Waals surface area contributed by atoms with E-state index in [2.05, 4.69) is 220 Å². The quantitative estimate of drug-likeness (QED) is 0.121. The topological polar surface area (TPSA) is 13.1 Å². The van der Waals surface area contributed by atoms with Gasteiger partial charge in [-0.2, -0.15) is 0 Å². The van der Waals surface area contributed by atoms with E-state index >= 15 is 0 Å². The minimum absolute atomic E-state index is 0.868. The molecule has 12 aromatic rings. The number of hydrogen-bond donors (Lipinski definition) is 0. The lowest BCUT2D eigenvalue weighted by atomic mass is 9.82. The molecule has 11 aromatic carbocycles. The molecule has 0 saturated carbocycles. The van der Waals surface area contributed by atoms with Crippen molar-refractivity contribution in [1.82, 2.24) is 0 Å². The van der Waals surface area contributed by atoms with E-state index in [1.54, 1.807) is 0 Å². The van der Waals surface area contributed by atoms with Gasteiger partial charge in [0.15, 0.2) is 0 Å². The summed E-state index contributed by atoms with van der Waals surface area (Å²) in [5.41, 5.74) is 13.8. The second kappa shape index (κ2) is 14.3. The van der Waals surface area contributed by atoms with Gasteiger partial charge in [0.25, 0.3) is 0 Å². The average molecular weight is 789 g/mol. The predicted octanol–water partition coefficient (Wildman–Crippen LogP) is 17.5. The Morgan fingerprint density at radius 2 is 0.855 bits per heavy atom. The van der Waals surface area contributed by atoms with Gasteiger partial charge in [0.2, 0.25) is 0 Å². The van der Waals surface area contributed by atoms with E-state index in [4.69, 9.17) is 4.42 Å². The van der Waals surface area contributed by atoms with Crippen molar-refractivity contribution in [3.8, 4) is 44.5 Å². The summed E-state index contributed by atoms with van der Waals surface area (Å²) in [6, 6.07) is 70.7. The highest BCUT2D eigenvalue weighted by Crippen LogP contribution is 2.49. The summed E-state index contributed by atoms with van der Waals surface area (Å²) in [7, 11) is 0. The van der Waals surface area contributed by atoms with Crippen molar-refractivity contribution >= 4 is 81.9 Å². The summed E-state index contributed by atoms with van der Waals surface area (Å²) >= 11 is 0. The van der Waals surface area contributed by atoms with E-state index in [1.807, 2.05) is 6.08 Å². The molecule has 1 nitrogen and oxygen atoms in total. The first-order chi connectivity index (χ1) is 30.7. The van der Waals surface area contributed by atoms with Crippen LogP contribution in [0.1, 0.15) is 11.1 Å². The van der Waals surface area contributed by atoms with E-state index in [-0.39, 0.29) is 0 Å². The molecular weight excluding hydrogens is 749 g/mol. The third kappa shape index (κ3) is 5.42. The Morgan fingerprint density at radius 1 is 0.387 bits per heavy atom. The number of hydrogen-bond acceptors (Lipinski definition) is 1. The molecule has 0 fully saturated rings. The number of furan rings is 1. The molecule has 1 heteroatoms. The van der Waals surface area contributed by atoms with Crippen LogP contribution >= 0.6 is 0 Å². The number of fused-ring (bicyclic) bond motifs is 8. The molecule has 0 bridgehead atoms. The summed E-state index contributed by atoms with van der Waals surface area (Å²) in [4.78, 5) is 0. The largest absolute Gasteiger partial charge is 0.456 e. The Hall–Kier alpha value is -8.00. The molecule has 0 saturated heterocycles. The van der Waals surface area contributed by atoms with Gasteiger partial charge in [-0.15, -0.1) is 0 Å². The fourth-order valence-corrected chi connectivity index (χ4v) is 10.4. The molecule has 0 aliphatic carbocycles. The lowest BCUT2D eigenvalue weighted by molar-refractivity contribution is 0.669. The second-order valence-corrected chi connectivity index (χ2v) is 16.3. The molecular formula is C61H40O. The summed E-state index contributed by atoms with van der Waals surface area (Å²) in [5.74, 6) is 0. The molecule has 0 amide bonds. The van der Waals surface area contributed by atoms with E-state index in [9.17, 15) is 0 Å². The zero-order chi connectivity index (χ0) is 41.3. The van der Waals surface area contributed by atoms with E-state index in [1.165, 1.54) is 98.4 Å². The Labute approximate surface area is 360 Å². The van der Waals surface area contributed by atoms with Crippen molar-refractivity contribution in [2.75, 3.05) is 0 Å². The highest BCUT2D eigenvalue weighted by molar-refractivity contribution is 6.25. The smallest absolute Gasteiger partial charge is 0.136 e. The third-order valence-corrected chi connectivity index (χ3v) is 13.0. The normalized spacial score (nSPS) is 12.0. The molecule has 0 radical (unpaired) electrons. The lowest BCUT2D eigenvalue weighted by Gasteiger charge is -2.21. The Morgan fingerprint density at radius 3 is 1.45 bits per heavy atom. The second-order valence-electron chi connectivity index (χ2n) is 16.3. The third-order valence-electron chi connectivity index (χ3n) is 13.0. The summed E-state index contributed by atoms with van der Waals surface area (Å²) in [5, 5.41) is 14.5. The Kier molecular flexibility index (Phi) is 8.30. The van der Waals surface area contributed by atoms with Gasteiger partial charge in [-0.3, -0.25) is 0 Å². The van der Waals surface area contributed by atoms with E-state index < -0.39 is 0 Å². The van der Waals surface area contributed by atoms with Gasteiger partial charge in [0, 0.05) is 10.8 Å². The maximum absolute atomic E-state index is 6.91. The lowest BCUT2D eigenvalue weighted by Crippen LogP contribution is -1.97. The molecule has 0 N–H and O–H groups in total. The minimum Gasteiger partial charge on any atom is -0.456 e. The van der Waals surface area contributed by atoms with Gasteiger partial charge < -0.3 is 4.42 Å². The summed E-state index contributed by atoms with van der Waals surface area (Å²) in [6.45, 7) is 6.35. The first-order valence-electron chi connectivity index (χ1n) is 21.4.